The first-order valence-electron chi connectivity index (χ1n) is 8.59. The average molecular weight is 407 g/mol. The van der Waals surface area contributed by atoms with Crippen LogP contribution in [0, 0.1) is 0 Å². The van der Waals surface area contributed by atoms with E-state index in [-0.39, 0.29) is 5.91 Å². The molecule has 0 unspecified atom stereocenters. The molecular weight excluding hydrogens is 383 g/mol. The number of carbonyl (C=O) groups excluding carboxylic acids is 1. The van der Waals surface area contributed by atoms with Gasteiger partial charge in [0.1, 0.15) is 0 Å². The number of rotatable bonds is 4. The van der Waals surface area contributed by atoms with E-state index in [0.717, 1.165) is 19.6 Å². The van der Waals surface area contributed by atoms with E-state index in [1.165, 1.54) is 18.4 Å². The molecule has 0 aromatic carbocycles. The van der Waals surface area contributed by atoms with Crippen LogP contribution < -0.4 is 0 Å². The molecule has 0 radical (unpaired) electrons. The number of thiophene rings is 1. The maximum absolute atomic E-state index is 11.9. The highest BCUT2D eigenvalue weighted by molar-refractivity contribution is 7.07. The molecule has 2 atom stereocenters. The zero-order chi connectivity index (χ0) is 20.2. The highest BCUT2D eigenvalue weighted by Gasteiger charge is 2.42. The van der Waals surface area contributed by atoms with Crippen molar-refractivity contribution in [2.75, 3.05) is 33.7 Å². The number of likely N-dealkylation sites (tertiary alicyclic amines) is 2. The van der Waals surface area contributed by atoms with Crippen LogP contribution in [0.3, 0.4) is 0 Å². The van der Waals surface area contributed by atoms with Crippen molar-refractivity contribution in [2.24, 2.45) is 0 Å². The van der Waals surface area contributed by atoms with Gasteiger partial charge in [0.05, 0.1) is 6.54 Å². The Bertz CT molecular complexity index is 637. The lowest BCUT2D eigenvalue weighted by Crippen LogP contribution is -2.41. The van der Waals surface area contributed by atoms with Gasteiger partial charge in [0, 0.05) is 45.8 Å². The van der Waals surface area contributed by atoms with Gasteiger partial charge in [-0.1, -0.05) is 0 Å². The van der Waals surface area contributed by atoms with Crippen LogP contribution >= 0.6 is 11.3 Å². The zero-order valence-electron chi connectivity index (χ0n) is 15.3. The summed E-state index contributed by atoms with van der Waals surface area (Å²) in [6, 6.07) is 3.45. The molecule has 6 nitrogen and oxygen atoms in total. The molecule has 10 heteroatoms. The average Bonchev–Trinajstić information content (AvgIpc) is 3.28. The lowest BCUT2D eigenvalue weighted by Gasteiger charge is -2.25. The number of carboxylic acid groups (broad SMARTS) is 1. The van der Waals surface area contributed by atoms with Crippen LogP contribution in [0.15, 0.2) is 16.8 Å². The molecule has 2 aliphatic heterocycles. The number of likely N-dealkylation sites (N-methyl/N-ethyl adjacent to an activating group) is 1. The van der Waals surface area contributed by atoms with E-state index >= 15 is 0 Å². The molecule has 3 heterocycles. The number of carbonyl (C=O) groups is 2. The minimum Gasteiger partial charge on any atom is -0.475 e. The number of alkyl halides is 3. The number of amides is 1. The second-order valence-electron chi connectivity index (χ2n) is 6.88. The molecule has 0 spiro atoms. The van der Waals surface area contributed by atoms with E-state index in [9.17, 15) is 18.0 Å². The van der Waals surface area contributed by atoms with Crippen molar-refractivity contribution >= 4 is 23.2 Å². The van der Waals surface area contributed by atoms with Crippen LogP contribution in [0.2, 0.25) is 0 Å². The summed E-state index contributed by atoms with van der Waals surface area (Å²) >= 11 is 1.77. The molecule has 0 aliphatic carbocycles. The maximum Gasteiger partial charge on any atom is 0.490 e. The van der Waals surface area contributed by atoms with E-state index < -0.39 is 12.1 Å². The van der Waals surface area contributed by atoms with Gasteiger partial charge in [-0.2, -0.15) is 24.5 Å². The van der Waals surface area contributed by atoms with E-state index in [2.05, 4.69) is 26.6 Å². The Morgan fingerprint density at radius 1 is 1.22 bits per heavy atom. The lowest BCUT2D eigenvalue weighted by atomic mass is 10.1. The molecule has 0 bridgehead atoms. The normalized spacial score (nSPS) is 22.9. The molecule has 2 fully saturated rings. The van der Waals surface area contributed by atoms with Crippen molar-refractivity contribution in [3.05, 3.63) is 22.4 Å². The zero-order valence-corrected chi connectivity index (χ0v) is 16.1. The molecule has 2 aliphatic rings. The largest absolute Gasteiger partial charge is 0.490 e. The van der Waals surface area contributed by atoms with Gasteiger partial charge >= 0.3 is 12.1 Å². The summed E-state index contributed by atoms with van der Waals surface area (Å²) in [5, 5.41) is 11.5. The summed E-state index contributed by atoms with van der Waals surface area (Å²) in [6.45, 7) is 3.88. The van der Waals surface area contributed by atoms with Crippen LogP contribution in [0.25, 0.3) is 0 Å². The SMILES string of the molecule is CN(C)C(=O)CN1CC[C@@H]2[C@@H]1CCN2Cc1ccsc1.O=C(O)C(F)(F)F. The van der Waals surface area contributed by atoms with Crippen LogP contribution in [-0.4, -0.2) is 83.7 Å². The van der Waals surface area contributed by atoms with Crippen molar-refractivity contribution < 1.29 is 27.9 Å². The Balaban J connectivity index is 0.000000321. The third-order valence-electron chi connectivity index (χ3n) is 4.85. The standard InChI is InChI=1S/C15H23N3OS.C2HF3O2/c1-16(2)15(19)10-18-7-4-13-14(18)3-6-17(13)9-12-5-8-20-11-12;3-2(4,5)1(6)7/h5,8,11,13-14H,3-4,6-7,9-10H2,1-2H3;(H,6,7)/t13-,14+;/m1./s1. The number of aliphatic carboxylic acids is 1. The Labute approximate surface area is 160 Å². The Morgan fingerprint density at radius 2 is 1.78 bits per heavy atom. The molecule has 0 saturated carbocycles. The fourth-order valence-corrected chi connectivity index (χ4v) is 4.15. The number of nitrogens with zero attached hydrogens (tertiary/aromatic N) is 3. The molecule has 1 N–H and O–H groups in total. The van der Waals surface area contributed by atoms with E-state index in [0.29, 0.717) is 18.6 Å². The number of carboxylic acids is 1. The summed E-state index contributed by atoms with van der Waals surface area (Å²) in [4.78, 5) is 27.5. The van der Waals surface area contributed by atoms with Gasteiger partial charge in [-0.25, -0.2) is 4.79 Å². The monoisotopic (exact) mass is 407 g/mol. The first kappa shape index (κ1) is 21.6. The van der Waals surface area contributed by atoms with Crippen molar-refractivity contribution in [3.63, 3.8) is 0 Å². The van der Waals surface area contributed by atoms with Crippen LogP contribution in [0.1, 0.15) is 18.4 Å². The summed E-state index contributed by atoms with van der Waals surface area (Å²) in [5.74, 6) is -2.53. The number of hydrogen-bond donors (Lipinski definition) is 1. The summed E-state index contributed by atoms with van der Waals surface area (Å²) in [6.07, 6.45) is -2.68. The molecule has 1 aromatic heterocycles. The van der Waals surface area contributed by atoms with Gasteiger partial charge in [0.2, 0.25) is 5.91 Å². The minimum atomic E-state index is -5.08. The minimum absolute atomic E-state index is 0.224. The van der Waals surface area contributed by atoms with Gasteiger partial charge in [-0.3, -0.25) is 14.6 Å². The second kappa shape index (κ2) is 9.03. The Hall–Kier alpha value is -1.65. The molecule has 3 rings (SSSR count). The van der Waals surface area contributed by atoms with Crippen molar-refractivity contribution in [1.29, 1.82) is 0 Å². The van der Waals surface area contributed by atoms with Gasteiger partial charge in [0.25, 0.3) is 0 Å². The number of hydrogen-bond acceptors (Lipinski definition) is 5. The van der Waals surface area contributed by atoms with Gasteiger partial charge in [0.15, 0.2) is 0 Å². The Kier molecular flexibility index (Phi) is 7.24. The van der Waals surface area contributed by atoms with E-state index in [4.69, 9.17) is 9.90 Å². The quantitative estimate of drug-likeness (QED) is 0.829. The molecule has 27 heavy (non-hydrogen) atoms. The van der Waals surface area contributed by atoms with Gasteiger partial charge in [-0.05, 0) is 35.2 Å². The third kappa shape index (κ3) is 5.91. The van der Waals surface area contributed by atoms with Crippen LogP contribution in [0.5, 0.6) is 0 Å². The number of fused-ring (bicyclic) bond motifs is 1. The third-order valence-corrected chi connectivity index (χ3v) is 5.58. The Morgan fingerprint density at radius 3 is 2.26 bits per heavy atom. The molecule has 1 aromatic rings. The van der Waals surface area contributed by atoms with Crippen molar-refractivity contribution in [3.8, 4) is 0 Å². The second-order valence-corrected chi connectivity index (χ2v) is 7.66. The van der Waals surface area contributed by atoms with Gasteiger partial charge < -0.3 is 10.0 Å². The predicted molar refractivity (Wildman–Crippen MR) is 95.5 cm³/mol. The molecule has 1 amide bonds. The lowest BCUT2D eigenvalue weighted by molar-refractivity contribution is -0.192. The fourth-order valence-electron chi connectivity index (χ4n) is 3.49. The smallest absolute Gasteiger partial charge is 0.475 e. The summed E-state index contributed by atoms with van der Waals surface area (Å²) in [5.41, 5.74) is 1.43. The van der Waals surface area contributed by atoms with Crippen LogP contribution in [-0.2, 0) is 16.1 Å². The van der Waals surface area contributed by atoms with Gasteiger partial charge in [-0.15, -0.1) is 0 Å². The number of halogens is 3. The van der Waals surface area contributed by atoms with Crippen LogP contribution in [0.4, 0.5) is 13.2 Å². The molecular formula is C17H24F3N3O3S. The summed E-state index contributed by atoms with van der Waals surface area (Å²) in [7, 11) is 3.68. The molecule has 2 saturated heterocycles. The van der Waals surface area contributed by atoms with Crippen molar-refractivity contribution in [1.82, 2.24) is 14.7 Å². The van der Waals surface area contributed by atoms with E-state index in [1.807, 2.05) is 14.1 Å². The molecule has 152 valence electrons. The maximum atomic E-state index is 11.9. The summed E-state index contributed by atoms with van der Waals surface area (Å²) < 4.78 is 31.7. The highest BCUT2D eigenvalue weighted by atomic mass is 32.1. The predicted octanol–water partition coefficient (Wildman–Crippen LogP) is 2.12. The first-order valence-corrected chi connectivity index (χ1v) is 9.53. The highest BCUT2D eigenvalue weighted by Crippen LogP contribution is 2.32. The topological polar surface area (TPSA) is 64.1 Å². The first-order chi connectivity index (χ1) is 12.6. The fraction of sp³-hybridized carbons (Fsp3) is 0.647. The van der Waals surface area contributed by atoms with E-state index in [1.54, 1.807) is 16.2 Å². The van der Waals surface area contributed by atoms with Crippen molar-refractivity contribution in [2.45, 2.75) is 37.6 Å².